The maximum atomic E-state index is 13.7. The Bertz CT molecular complexity index is 1990. The molecule has 10 heteroatoms. The number of nitrogens with zero attached hydrogens (tertiary/aromatic N) is 1. The molecule has 0 spiro atoms. The van der Waals surface area contributed by atoms with Gasteiger partial charge in [-0.15, -0.1) is 0 Å². The first-order chi connectivity index (χ1) is 21.8. The van der Waals surface area contributed by atoms with E-state index in [0.29, 0.717) is 32.1 Å². The number of hydrogen-bond acceptors (Lipinski definition) is 5. The van der Waals surface area contributed by atoms with E-state index in [9.17, 15) is 14.4 Å². The van der Waals surface area contributed by atoms with Crippen LogP contribution in [0, 0.1) is 0 Å². The highest BCUT2D eigenvalue weighted by Crippen LogP contribution is 2.33. The van der Waals surface area contributed by atoms with Gasteiger partial charge in [0.15, 0.2) is 0 Å². The van der Waals surface area contributed by atoms with Crippen molar-refractivity contribution in [3.8, 4) is 11.5 Å². The van der Waals surface area contributed by atoms with E-state index in [-0.39, 0.29) is 24.5 Å². The van der Waals surface area contributed by atoms with Crippen molar-refractivity contribution in [1.29, 1.82) is 0 Å². The Kier molecular flexibility index (Phi) is 8.76. The highest BCUT2D eigenvalue weighted by Gasteiger charge is 2.37. The highest BCUT2D eigenvalue weighted by molar-refractivity contribution is 6.39. The number of anilines is 1. The van der Waals surface area contributed by atoms with Crippen LogP contribution >= 0.6 is 34.8 Å². The van der Waals surface area contributed by atoms with Gasteiger partial charge in [0, 0.05) is 31.8 Å². The molecule has 1 saturated heterocycles. The van der Waals surface area contributed by atoms with Crippen molar-refractivity contribution < 1.29 is 23.9 Å². The van der Waals surface area contributed by atoms with Crippen molar-refractivity contribution in [3.63, 3.8) is 0 Å². The smallest absolute Gasteiger partial charge is 0.335 e. The summed E-state index contributed by atoms with van der Waals surface area (Å²) >= 11 is 18.5. The van der Waals surface area contributed by atoms with Crippen molar-refractivity contribution >= 4 is 75.2 Å². The molecule has 7 nitrogen and oxygen atoms in total. The van der Waals surface area contributed by atoms with Gasteiger partial charge in [0.2, 0.25) is 0 Å². The molecule has 1 heterocycles. The van der Waals surface area contributed by atoms with Crippen LogP contribution in [0.25, 0.3) is 16.8 Å². The predicted molar refractivity (Wildman–Crippen MR) is 176 cm³/mol. The van der Waals surface area contributed by atoms with E-state index in [1.54, 1.807) is 54.6 Å². The lowest BCUT2D eigenvalue weighted by atomic mass is 9.99. The Morgan fingerprint density at radius 2 is 1.42 bits per heavy atom. The van der Waals surface area contributed by atoms with Gasteiger partial charge < -0.3 is 9.47 Å². The lowest BCUT2D eigenvalue weighted by Crippen LogP contribution is -2.54. The monoisotopic (exact) mass is 656 g/mol. The van der Waals surface area contributed by atoms with Crippen LogP contribution in [0.4, 0.5) is 10.5 Å². The standard InChI is InChI=1S/C35H23Cl3N2O5/c36-24-11-9-23(31(38)17-24)19-44-26-14-12-25(13-15-26)40-34(42)29(33(41)39-35(40)43)18-28-27-7-3-1-5-21(27)10-16-32(28)45-20-22-6-2-4-8-30(22)37/h1-18H,19-20H2,(H,39,41,43)/b29-18+. The van der Waals surface area contributed by atoms with E-state index in [1.807, 2.05) is 48.5 Å². The Morgan fingerprint density at radius 3 is 2.20 bits per heavy atom. The van der Waals surface area contributed by atoms with Crippen LogP contribution in [-0.2, 0) is 22.8 Å². The number of carbonyl (C=O) groups excluding carboxylic acids is 3. The summed E-state index contributed by atoms with van der Waals surface area (Å²) in [5.41, 5.74) is 2.05. The molecule has 5 aromatic rings. The van der Waals surface area contributed by atoms with Gasteiger partial charge >= 0.3 is 6.03 Å². The second-order valence-corrected chi connectivity index (χ2v) is 11.3. The molecule has 1 fully saturated rings. The molecule has 0 aromatic heterocycles. The van der Waals surface area contributed by atoms with Crippen LogP contribution in [0.15, 0.2) is 109 Å². The third-order valence-electron chi connectivity index (χ3n) is 7.17. The fourth-order valence-corrected chi connectivity index (χ4v) is 5.50. The van der Waals surface area contributed by atoms with Gasteiger partial charge in [-0.3, -0.25) is 14.9 Å². The lowest BCUT2D eigenvalue weighted by molar-refractivity contribution is -0.122. The van der Waals surface area contributed by atoms with Gasteiger partial charge in [0.05, 0.1) is 5.69 Å². The fourth-order valence-electron chi connectivity index (χ4n) is 4.85. The Balaban J connectivity index is 1.29. The molecule has 1 N–H and O–H groups in total. The van der Waals surface area contributed by atoms with Crippen molar-refractivity contribution in [2.45, 2.75) is 13.2 Å². The molecule has 1 aliphatic rings. The second kappa shape index (κ2) is 13.0. The minimum Gasteiger partial charge on any atom is -0.489 e. The molecular formula is C35H23Cl3N2O5. The fraction of sp³-hybridized carbons (Fsp3) is 0.0571. The van der Waals surface area contributed by atoms with Gasteiger partial charge in [-0.2, -0.15) is 0 Å². The second-order valence-electron chi connectivity index (χ2n) is 10.1. The van der Waals surface area contributed by atoms with E-state index in [1.165, 1.54) is 6.08 Å². The molecule has 0 atom stereocenters. The van der Waals surface area contributed by atoms with Gasteiger partial charge in [0.1, 0.15) is 30.3 Å². The van der Waals surface area contributed by atoms with Gasteiger partial charge in [-0.25, -0.2) is 9.69 Å². The molecule has 0 bridgehead atoms. The molecule has 1 aliphatic heterocycles. The van der Waals surface area contributed by atoms with E-state index in [4.69, 9.17) is 44.3 Å². The predicted octanol–water partition coefficient (Wildman–Crippen LogP) is 8.62. The number of imide groups is 2. The Morgan fingerprint density at radius 1 is 0.711 bits per heavy atom. The number of nitrogens with one attached hydrogen (secondary N) is 1. The summed E-state index contributed by atoms with van der Waals surface area (Å²) in [5.74, 6) is -0.675. The van der Waals surface area contributed by atoms with Crippen LogP contribution < -0.4 is 19.7 Å². The molecular weight excluding hydrogens is 635 g/mol. The summed E-state index contributed by atoms with van der Waals surface area (Å²) in [5, 5.41) is 5.46. The topological polar surface area (TPSA) is 84.9 Å². The average Bonchev–Trinajstić information content (AvgIpc) is 3.03. The van der Waals surface area contributed by atoms with Crippen LogP contribution in [0.3, 0.4) is 0 Å². The van der Waals surface area contributed by atoms with Gasteiger partial charge in [-0.05, 0) is 65.4 Å². The summed E-state index contributed by atoms with van der Waals surface area (Å²) in [6.07, 6.45) is 1.45. The maximum Gasteiger partial charge on any atom is 0.335 e. The summed E-state index contributed by atoms with van der Waals surface area (Å²) in [6, 6.07) is 29.1. The van der Waals surface area contributed by atoms with Crippen LogP contribution in [0.1, 0.15) is 16.7 Å². The first kappa shape index (κ1) is 30.2. The number of halogens is 3. The first-order valence-electron chi connectivity index (χ1n) is 13.7. The van der Waals surface area contributed by atoms with E-state index >= 15 is 0 Å². The summed E-state index contributed by atoms with van der Waals surface area (Å²) < 4.78 is 12.0. The minimum atomic E-state index is -0.864. The zero-order chi connectivity index (χ0) is 31.5. The summed E-state index contributed by atoms with van der Waals surface area (Å²) in [6.45, 7) is 0.351. The highest BCUT2D eigenvalue weighted by atomic mass is 35.5. The van der Waals surface area contributed by atoms with Crippen molar-refractivity contribution in [3.05, 3.63) is 140 Å². The molecule has 0 radical (unpaired) electrons. The van der Waals surface area contributed by atoms with Gasteiger partial charge in [-0.1, -0.05) is 89.4 Å². The van der Waals surface area contributed by atoms with Gasteiger partial charge in [0.25, 0.3) is 11.8 Å². The molecule has 45 heavy (non-hydrogen) atoms. The zero-order valence-corrected chi connectivity index (χ0v) is 25.7. The Labute approximate surface area is 273 Å². The number of fused-ring (bicyclic) bond motifs is 1. The lowest BCUT2D eigenvalue weighted by Gasteiger charge is -2.26. The molecule has 0 saturated carbocycles. The largest absolute Gasteiger partial charge is 0.489 e. The molecule has 4 amide bonds. The molecule has 6 rings (SSSR count). The maximum absolute atomic E-state index is 13.7. The third-order valence-corrected chi connectivity index (χ3v) is 8.12. The number of carbonyl (C=O) groups is 3. The van der Waals surface area contributed by atoms with Crippen molar-refractivity contribution in [2.24, 2.45) is 0 Å². The zero-order valence-electron chi connectivity index (χ0n) is 23.4. The number of urea groups is 1. The van der Waals surface area contributed by atoms with Crippen LogP contribution in [0.2, 0.25) is 15.1 Å². The normalized spacial score (nSPS) is 14.2. The number of amides is 4. The quantitative estimate of drug-likeness (QED) is 0.133. The first-order valence-corrected chi connectivity index (χ1v) is 14.9. The minimum absolute atomic E-state index is 0.164. The molecule has 5 aromatic carbocycles. The van der Waals surface area contributed by atoms with Crippen molar-refractivity contribution in [2.75, 3.05) is 4.90 Å². The third kappa shape index (κ3) is 6.51. The summed E-state index contributed by atoms with van der Waals surface area (Å²) in [7, 11) is 0. The summed E-state index contributed by atoms with van der Waals surface area (Å²) in [4.78, 5) is 40.6. The number of benzene rings is 5. The number of rotatable bonds is 8. The van der Waals surface area contributed by atoms with Crippen LogP contribution in [-0.4, -0.2) is 17.8 Å². The average molecular weight is 658 g/mol. The van der Waals surface area contributed by atoms with Crippen LogP contribution in [0.5, 0.6) is 11.5 Å². The number of barbiturate groups is 1. The SMILES string of the molecule is O=C1NC(=O)N(c2ccc(OCc3ccc(Cl)cc3Cl)cc2)C(=O)/C1=C/c1c(OCc2ccccc2Cl)ccc2ccccc12. The van der Waals surface area contributed by atoms with Crippen molar-refractivity contribution in [1.82, 2.24) is 5.32 Å². The molecule has 224 valence electrons. The van der Waals surface area contributed by atoms with E-state index in [0.717, 1.165) is 26.8 Å². The Hall–Kier alpha value is -4.82. The van der Waals surface area contributed by atoms with E-state index in [2.05, 4.69) is 5.32 Å². The molecule has 0 unspecified atom stereocenters. The number of ether oxygens (including phenoxy) is 2. The molecule has 0 aliphatic carbocycles. The van der Waals surface area contributed by atoms with E-state index < -0.39 is 17.8 Å². The number of hydrogen-bond donors (Lipinski definition) is 1.